The molecule has 1 N–H and O–H groups in total. The van der Waals surface area contributed by atoms with Crippen LogP contribution < -0.4 is 9.47 Å². The summed E-state index contributed by atoms with van der Waals surface area (Å²) in [4.78, 5) is 10.7. The predicted molar refractivity (Wildman–Crippen MR) is 47.3 cm³/mol. The van der Waals surface area contributed by atoms with E-state index in [1.807, 2.05) is 0 Å². The molecular weight excluding hydrogens is 278 g/mol. The predicted octanol–water partition coefficient (Wildman–Crippen LogP) is 2.47. The van der Waals surface area contributed by atoms with E-state index in [0.29, 0.717) is 0 Å². The third-order valence-corrected chi connectivity index (χ3v) is 2.36. The van der Waals surface area contributed by atoms with Crippen LogP contribution in [0.5, 0.6) is 11.5 Å². The molecular formula is C8H3BrF2O4. The second-order valence-corrected chi connectivity index (χ2v) is 3.58. The molecule has 0 atom stereocenters. The summed E-state index contributed by atoms with van der Waals surface area (Å²) in [6, 6.07) is 2.45. The van der Waals surface area contributed by atoms with Crippen LogP contribution in [-0.2, 0) is 0 Å². The number of aromatic carboxylic acids is 1. The maximum absolute atomic E-state index is 12.7. The van der Waals surface area contributed by atoms with Crippen molar-refractivity contribution >= 4 is 21.9 Å². The molecule has 0 unspecified atom stereocenters. The molecule has 2 rings (SSSR count). The van der Waals surface area contributed by atoms with Gasteiger partial charge in [0.25, 0.3) is 0 Å². The minimum Gasteiger partial charge on any atom is -0.478 e. The van der Waals surface area contributed by atoms with Gasteiger partial charge in [-0.15, -0.1) is 8.78 Å². The SMILES string of the molecule is O=C(O)c1ccc(Br)c2c1OC(F)(F)O2. The van der Waals surface area contributed by atoms with E-state index in [0.717, 1.165) is 6.07 Å². The number of alkyl halides is 2. The summed E-state index contributed by atoms with van der Waals surface area (Å²) in [5.74, 6) is -2.14. The van der Waals surface area contributed by atoms with Crippen molar-refractivity contribution in [2.75, 3.05) is 0 Å². The summed E-state index contributed by atoms with van der Waals surface area (Å²) in [5, 5.41) is 8.71. The van der Waals surface area contributed by atoms with Gasteiger partial charge in [0.15, 0.2) is 11.5 Å². The molecule has 0 saturated carbocycles. The van der Waals surface area contributed by atoms with Crippen molar-refractivity contribution in [3.63, 3.8) is 0 Å². The summed E-state index contributed by atoms with van der Waals surface area (Å²) in [6.45, 7) is 0. The van der Waals surface area contributed by atoms with E-state index in [-0.39, 0.29) is 15.8 Å². The van der Waals surface area contributed by atoms with Gasteiger partial charge in [-0.25, -0.2) is 4.79 Å². The number of carboxylic acid groups (broad SMARTS) is 1. The molecule has 1 aromatic carbocycles. The zero-order valence-corrected chi connectivity index (χ0v) is 8.55. The summed E-state index contributed by atoms with van der Waals surface area (Å²) < 4.78 is 33.9. The Hall–Kier alpha value is -1.37. The average Bonchev–Trinajstić information content (AvgIpc) is 2.41. The largest absolute Gasteiger partial charge is 0.586 e. The number of carboxylic acids is 1. The Morgan fingerprint density at radius 3 is 2.53 bits per heavy atom. The fraction of sp³-hybridized carbons (Fsp3) is 0.125. The van der Waals surface area contributed by atoms with Crippen molar-refractivity contribution < 1.29 is 28.2 Å². The summed E-state index contributed by atoms with van der Waals surface area (Å²) >= 11 is 2.95. The zero-order chi connectivity index (χ0) is 11.2. The van der Waals surface area contributed by atoms with Crippen molar-refractivity contribution in [1.82, 2.24) is 0 Å². The van der Waals surface area contributed by atoms with Crippen LogP contribution in [0.1, 0.15) is 10.4 Å². The highest BCUT2D eigenvalue weighted by molar-refractivity contribution is 9.10. The molecule has 0 amide bonds. The average molecular weight is 281 g/mol. The number of hydrogen-bond acceptors (Lipinski definition) is 3. The minimum atomic E-state index is -3.82. The lowest BCUT2D eigenvalue weighted by Crippen LogP contribution is -2.26. The molecule has 0 radical (unpaired) electrons. The number of hydrogen-bond donors (Lipinski definition) is 1. The first-order chi connectivity index (χ1) is 6.91. The van der Waals surface area contributed by atoms with Gasteiger partial charge in [0.2, 0.25) is 0 Å². The maximum Gasteiger partial charge on any atom is 0.586 e. The second kappa shape index (κ2) is 3.06. The van der Waals surface area contributed by atoms with Crippen LogP contribution in [0.4, 0.5) is 8.78 Å². The minimum absolute atomic E-state index is 0.208. The maximum atomic E-state index is 12.7. The lowest BCUT2D eigenvalue weighted by atomic mass is 10.2. The molecule has 1 heterocycles. The van der Waals surface area contributed by atoms with Crippen LogP contribution in [0.3, 0.4) is 0 Å². The first kappa shape index (κ1) is 10.2. The zero-order valence-electron chi connectivity index (χ0n) is 6.96. The molecule has 4 nitrogen and oxygen atoms in total. The Morgan fingerprint density at radius 1 is 1.33 bits per heavy atom. The van der Waals surface area contributed by atoms with Gasteiger partial charge in [0, 0.05) is 0 Å². The molecule has 1 aliphatic rings. The molecule has 1 aliphatic heterocycles. The Labute approximate surface area is 90.5 Å². The molecule has 0 bridgehead atoms. The van der Waals surface area contributed by atoms with Crippen molar-refractivity contribution in [3.05, 3.63) is 22.2 Å². The third kappa shape index (κ3) is 1.63. The summed E-state index contributed by atoms with van der Waals surface area (Å²) in [6.07, 6.45) is -3.82. The highest BCUT2D eigenvalue weighted by Crippen LogP contribution is 2.47. The third-order valence-electron chi connectivity index (χ3n) is 1.74. The Balaban J connectivity index is 2.60. The van der Waals surface area contributed by atoms with E-state index in [1.165, 1.54) is 6.07 Å². The van der Waals surface area contributed by atoms with E-state index in [9.17, 15) is 13.6 Å². The molecule has 0 spiro atoms. The van der Waals surface area contributed by atoms with Gasteiger partial charge < -0.3 is 14.6 Å². The summed E-state index contributed by atoms with van der Waals surface area (Å²) in [7, 11) is 0. The van der Waals surface area contributed by atoms with E-state index >= 15 is 0 Å². The van der Waals surface area contributed by atoms with Crippen LogP contribution in [0.2, 0.25) is 0 Å². The molecule has 0 aliphatic carbocycles. The quantitative estimate of drug-likeness (QED) is 0.859. The molecule has 1 aromatic rings. The molecule has 15 heavy (non-hydrogen) atoms. The van der Waals surface area contributed by atoms with Gasteiger partial charge in [-0.2, -0.15) is 0 Å². The second-order valence-electron chi connectivity index (χ2n) is 2.73. The van der Waals surface area contributed by atoms with Gasteiger partial charge in [0.05, 0.1) is 4.47 Å². The highest BCUT2D eigenvalue weighted by Gasteiger charge is 2.46. The normalized spacial score (nSPS) is 16.5. The van der Waals surface area contributed by atoms with Crippen molar-refractivity contribution in [3.8, 4) is 11.5 Å². The molecule has 0 fully saturated rings. The number of ether oxygens (including phenoxy) is 2. The molecule has 7 heteroatoms. The van der Waals surface area contributed by atoms with Crippen molar-refractivity contribution in [2.45, 2.75) is 6.29 Å². The Morgan fingerprint density at radius 2 is 1.93 bits per heavy atom. The Bertz CT molecular complexity index is 447. The number of benzene rings is 1. The smallest absolute Gasteiger partial charge is 0.478 e. The highest BCUT2D eigenvalue weighted by atomic mass is 79.9. The van der Waals surface area contributed by atoms with E-state index < -0.39 is 18.0 Å². The standard InChI is InChI=1S/C8H3BrF2O4/c9-4-2-1-3(7(12)13)5-6(4)15-8(10,11)14-5/h1-2H,(H,12,13). The van der Waals surface area contributed by atoms with Crippen LogP contribution in [0.15, 0.2) is 16.6 Å². The van der Waals surface area contributed by atoms with Crippen LogP contribution >= 0.6 is 15.9 Å². The fourth-order valence-corrected chi connectivity index (χ4v) is 1.56. The number of halogens is 3. The van der Waals surface area contributed by atoms with E-state index in [2.05, 4.69) is 25.4 Å². The van der Waals surface area contributed by atoms with Gasteiger partial charge in [0.1, 0.15) is 5.56 Å². The van der Waals surface area contributed by atoms with Crippen molar-refractivity contribution in [1.29, 1.82) is 0 Å². The summed E-state index contributed by atoms with van der Waals surface area (Å²) in [5.41, 5.74) is -0.370. The Kier molecular flexibility index (Phi) is 2.07. The van der Waals surface area contributed by atoms with Crippen LogP contribution in [0, 0.1) is 0 Å². The number of fused-ring (bicyclic) bond motifs is 1. The van der Waals surface area contributed by atoms with Gasteiger partial charge in [-0.05, 0) is 28.1 Å². The number of rotatable bonds is 1. The monoisotopic (exact) mass is 280 g/mol. The van der Waals surface area contributed by atoms with E-state index in [1.54, 1.807) is 0 Å². The van der Waals surface area contributed by atoms with E-state index in [4.69, 9.17) is 5.11 Å². The lowest BCUT2D eigenvalue weighted by Gasteiger charge is -2.04. The fourth-order valence-electron chi connectivity index (χ4n) is 1.16. The topological polar surface area (TPSA) is 55.8 Å². The lowest BCUT2D eigenvalue weighted by molar-refractivity contribution is -0.287. The van der Waals surface area contributed by atoms with Gasteiger partial charge in [-0.1, -0.05) is 0 Å². The van der Waals surface area contributed by atoms with Crippen LogP contribution in [-0.4, -0.2) is 17.4 Å². The van der Waals surface area contributed by atoms with Gasteiger partial charge in [-0.3, -0.25) is 0 Å². The first-order valence-corrected chi connectivity index (χ1v) is 4.51. The van der Waals surface area contributed by atoms with Gasteiger partial charge >= 0.3 is 12.3 Å². The van der Waals surface area contributed by atoms with Crippen LogP contribution in [0.25, 0.3) is 0 Å². The molecule has 0 aromatic heterocycles. The number of carbonyl (C=O) groups is 1. The first-order valence-electron chi connectivity index (χ1n) is 3.72. The molecule has 0 saturated heterocycles. The van der Waals surface area contributed by atoms with Crippen molar-refractivity contribution in [2.24, 2.45) is 0 Å². The molecule has 80 valence electrons.